The summed E-state index contributed by atoms with van der Waals surface area (Å²) in [7, 11) is 0. The van der Waals surface area contributed by atoms with Gasteiger partial charge in [-0.2, -0.15) is 0 Å². The maximum atomic E-state index is 5.67. The van der Waals surface area contributed by atoms with Crippen LogP contribution >= 0.6 is 0 Å². The van der Waals surface area contributed by atoms with Gasteiger partial charge in [-0.3, -0.25) is 0 Å². The van der Waals surface area contributed by atoms with Crippen LogP contribution in [0.4, 0.5) is 0 Å². The van der Waals surface area contributed by atoms with Gasteiger partial charge in [-0.25, -0.2) is 4.98 Å². The highest BCUT2D eigenvalue weighted by Gasteiger charge is 2.27. The van der Waals surface area contributed by atoms with E-state index in [0.717, 1.165) is 24.6 Å². The molecule has 2 rings (SSSR count). The zero-order valence-electron chi connectivity index (χ0n) is 9.84. The van der Waals surface area contributed by atoms with Gasteiger partial charge in [0.1, 0.15) is 5.76 Å². The van der Waals surface area contributed by atoms with Gasteiger partial charge in [0.25, 0.3) is 0 Å². The average Bonchev–Trinajstić information content (AvgIpc) is 2.86. The molecule has 1 fully saturated rings. The third-order valence-electron chi connectivity index (χ3n) is 2.55. The Morgan fingerprint density at radius 1 is 1.47 bits per heavy atom. The second-order valence-electron chi connectivity index (χ2n) is 5.36. The van der Waals surface area contributed by atoms with Crippen LogP contribution in [0.25, 0.3) is 0 Å². The Labute approximate surface area is 91.3 Å². The molecule has 0 aliphatic heterocycles. The Kier molecular flexibility index (Phi) is 2.83. The topological polar surface area (TPSA) is 38.1 Å². The van der Waals surface area contributed by atoms with Crippen LogP contribution in [0.1, 0.15) is 51.2 Å². The summed E-state index contributed by atoms with van der Waals surface area (Å²) in [6, 6.07) is 0. The molecule has 0 saturated heterocycles. The van der Waals surface area contributed by atoms with E-state index in [1.54, 1.807) is 0 Å². The first-order valence-corrected chi connectivity index (χ1v) is 5.74. The van der Waals surface area contributed by atoms with Crippen molar-refractivity contribution in [3.63, 3.8) is 0 Å². The standard InChI is InChI=1S/C12H20N2O/c1-12(2,3)14-7-6-11-13-8-10(15-11)9-4-5-9/h8-9,14H,4-7H2,1-3H3. The van der Waals surface area contributed by atoms with Gasteiger partial charge in [-0.15, -0.1) is 0 Å². The van der Waals surface area contributed by atoms with E-state index in [1.807, 2.05) is 6.20 Å². The van der Waals surface area contributed by atoms with E-state index < -0.39 is 0 Å². The molecule has 0 spiro atoms. The van der Waals surface area contributed by atoms with Crippen molar-refractivity contribution in [3.05, 3.63) is 17.8 Å². The zero-order chi connectivity index (χ0) is 10.9. The molecule has 1 N–H and O–H groups in total. The number of nitrogens with zero attached hydrogens (tertiary/aromatic N) is 1. The van der Waals surface area contributed by atoms with Crippen molar-refractivity contribution < 1.29 is 4.42 Å². The number of hydrogen-bond acceptors (Lipinski definition) is 3. The van der Waals surface area contributed by atoms with E-state index in [2.05, 4.69) is 31.1 Å². The third-order valence-corrected chi connectivity index (χ3v) is 2.55. The van der Waals surface area contributed by atoms with Crippen LogP contribution in [0.2, 0.25) is 0 Å². The van der Waals surface area contributed by atoms with E-state index in [0.29, 0.717) is 5.92 Å². The van der Waals surface area contributed by atoms with Crippen molar-refractivity contribution in [2.45, 2.75) is 51.5 Å². The summed E-state index contributed by atoms with van der Waals surface area (Å²) in [5, 5.41) is 3.42. The van der Waals surface area contributed by atoms with Gasteiger partial charge in [0.05, 0.1) is 6.20 Å². The monoisotopic (exact) mass is 208 g/mol. The fraction of sp³-hybridized carbons (Fsp3) is 0.750. The number of aromatic nitrogens is 1. The molecule has 84 valence electrons. The SMILES string of the molecule is CC(C)(C)NCCc1ncc(C2CC2)o1. The smallest absolute Gasteiger partial charge is 0.195 e. The molecule has 0 bridgehead atoms. The van der Waals surface area contributed by atoms with Crippen LogP contribution in [0.3, 0.4) is 0 Å². The number of hydrogen-bond donors (Lipinski definition) is 1. The molecular formula is C12H20N2O. The van der Waals surface area contributed by atoms with Crippen molar-refractivity contribution in [1.82, 2.24) is 10.3 Å². The van der Waals surface area contributed by atoms with Crippen LogP contribution in [0.5, 0.6) is 0 Å². The van der Waals surface area contributed by atoms with E-state index in [4.69, 9.17) is 4.42 Å². The molecular weight excluding hydrogens is 188 g/mol. The van der Waals surface area contributed by atoms with Crippen LogP contribution < -0.4 is 5.32 Å². The highest BCUT2D eigenvalue weighted by Crippen LogP contribution is 2.40. The molecule has 0 aromatic carbocycles. The Morgan fingerprint density at radius 2 is 2.20 bits per heavy atom. The molecule has 3 heteroatoms. The van der Waals surface area contributed by atoms with Crippen molar-refractivity contribution in [2.24, 2.45) is 0 Å². The highest BCUT2D eigenvalue weighted by atomic mass is 16.4. The Balaban J connectivity index is 1.78. The van der Waals surface area contributed by atoms with Gasteiger partial charge >= 0.3 is 0 Å². The molecule has 3 nitrogen and oxygen atoms in total. The highest BCUT2D eigenvalue weighted by molar-refractivity contribution is 5.08. The van der Waals surface area contributed by atoms with Gasteiger partial charge in [-0.1, -0.05) is 0 Å². The number of rotatable bonds is 4. The van der Waals surface area contributed by atoms with Crippen molar-refractivity contribution in [1.29, 1.82) is 0 Å². The zero-order valence-corrected chi connectivity index (χ0v) is 9.84. The lowest BCUT2D eigenvalue weighted by atomic mass is 10.1. The van der Waals surface area contributed by atoms with Gasteiger partial charge in [0, 0.05) is 24.4 Å². The predicted octanol–water partition coefficient (Wildman–Crippen LogP) is 2.48. The van der Waals surface area contributed by atoms with Crippen LogP contribution in [0, 0.1) is 0 Å². The molecule has 1 aromatic rings. The van der Waals surface area contributed by atoms with Gasteiger partial charge in [0.15, 0.2) is 5.89 Å². The van der Waals surface area contributed by atoms with Crippen LogP contribution in [-0.4, -0.2) is 17.1 Å². The molecule has 1 saturated carbocycles. The summed E-state index contributed by atoms with van der Waals surface area (Å²) >= 11 is 0. The van der Waals surface area contributed by atoms with Crippen molar-refractivity contribution in [3.8, 4) is 0 Å². The molecule has 0 atom stereocenters. The molecule has 1 aliphatic carbocycles. The van der Waals surface area contributed by atoms with E-state index in [-0.39, 0.29) is 5.54 Å². The second kappa shape index (κ2) is 3.97. The largest absolute Gasteiger partial charge is 0.445 e. The lowest BCUT2D eigenvalue weighted by molar-refractivity contribution is 0.402. The first-order valence-electron chi connectivity index (χ1n) is 5.74. The van der Waals surface area contributed by atoms with Gasteiger partial charge in [-0.05, 0) is 33.6 Å². The fourth-order valence-electron chi connectivity index (χ4n) is 1.54. The minimum atomic E-state index is 0.173. The number of nitrogens with one attached hydrogen (secondary N) is 1. The number of oxazole rings is 1. The van der Waals surface area contributed by atoms with Crippen LogP contribution in [0.15, 0.2) is 10.6 Å². The van der Waals surface area contributed by atoms with E-state index in [1.165, 1.54) is 12.8 Å². The third kappa shape index (κ3) is 3.34. The first-order chi connectivity index (χ1) is 7.04. The van der Waals surface area contributed by atoms with E-state index in [9.17, 15) is 0 Å². The molecule has 0 amide bonds. The molecule has 0 radical (unpaired) electrons. The van der Waals surface area contributed by atoms with Gasteiger partial charge < -0.3 is 9.73 Å². The van der Waals surface area contributed by atoms with Crippen LogP contribution in [-0.2, 0) is 6.42 Å². The van der Waals surface area contributed by atoms with E-state index >= 15 is 0 Å². The van der Waals surface area contributed by atoms with Crippen molar-refractivity contribution in [2.75, 3.05) is 6.54 Å². The maximum Gasteiger partial charge on any atom is 0.195 e. The Hall–Kier alpha value is -0.830. The normalized spacial score (nSPS) is 17.0. The summed E-state index contributed by atoms with van der Waals surface area (Å²) in [6.07, 6.45) is 5.32. The molecule has 1 aromatic heterocycles. The fourth-order valence-corrected chi connectivity index (χ4v) is 1.54. The molecule has 1 aliphatic rings. The molecule has 15 heavy (non-hydrogen) atoms. The van der Waals surface area contributed by atoms with Gasteiger partial charge in [0.2, 0.25) is 0 Å². The second-order valence-corrected chi connectivity index (χ2v) is 5.36. The maximum absolute atomic E-state index is 5.67. The Morgan fingerprint density at radius 3 is 2.80 bits per heavy atom. The summed E-state index contributed by atoms with van der Waals surface area (Å²) in [6.45, 7) is 7.42. The summed E-state index contributed by atoms with van der Waals surface area (Å²) in [5.41, 5.74) is 0.173. The lowest BCUT2D eigenvalue weighted by Gasteiger charge is -2.19. The summed E-state index contributed by atoms with van der Waals surface area (Å²) in [5.74, 6) is 2.62. The minimum absolute atomic E-state index is 0.173. The Bertz CT molecular complexity index is 321. The lowest BCUT2D eigenvalue weighted by Crippen LogP contribution is -2.37. The average molecular weight is 208 g/mol. The molecule has 0 unspecified atom stereocenters. The summed E-state index contributed by atoms with van der Waals surface area (Å²) in [4.78, 5) is 4.29. The predicted molar refractivity (Wildman–Crippen MR) is 59.9 cm³/mol. The van der Waals surface area contributed by atoms with Crippen molar-refractivity contribution >= 4 is 0 Å². The first kappa shape index (κ1) is 10.7. The molecule has 1 heterocycles. The quantitative estimate of drug-likeness (QED) is 0.826. The summed E-state index contributed by atoms with van der Waals surface area (Å²) < 4.78 is 5.67. The minimum Gasteiger partial charge on any atom is -0.445 e.